The summed E-state index contributed by atoms with van der Waals surface area (Å²) in [6.45, 7) is 2.80. The van der Waals surface area contributed by atoms with Gasteiger partial charge in [0.05, 0.1) is 0 Å². The predicted octanol–water partition coefficient (Wildman–Crippen LogP) is 0.539. The Bertz CT molecular complexity index is 254. The smallest absolute Gasteiger partial charge is 0.290 e. The van der Waals surface area contributed by atoms with E-state index in [1.165, 1.54) is 0 Å². The number of carbonyl (C=O) groups excluding carboxylic acids is 2. The fourth-order valence-corrected chi connectivity index (χ4v) is 3.43. The number of nitrogens with zero attached hydrogens (tertiary/aromatic N) is 1. The Hall–Kier alpha value is -0.510. The fraction of sp³-hybridized carbons (Fsp3) is 0.778. The molecule has 2 rings (SSSR count). The Morgan fingerprint density at radius 2 is 2.15 bits per heavy atom. The molecular formula is C9H13NO2S. The summed E-state index contributed by atoms with van der Waals surface area (Å²) in [5.74, 6) is 2.20. The zero-order chi connectivity index (χ0) is 9.42. The zero-order valence-corrected chi connectivity index (χ0v) is 8.47. The lowest BCUT2D eigenvalue weighted by molar-refractivity contribution is -0.141. The van der Waals surface area contributed by atoms with Crippen LogP contribution in [0.25, 0.3) is 0 Å². The van der Waals surface area contributed by atoms with Crippen LogP contribution in [0.15, 0.2) is 0 Å². The normalized spacial score (nSPS) is 34.7. The molecule has 0 aromatic heterocycles. The van der Waals surface area contributed by atoms with Crippen molar-refractivity contribution in [2.75, 3.05) is 18.1 Å². The van der Waals surface area contributed by atoms with E-state index in [9.17, 15) is 9.59 Å². The summed E-state index contributed by atoms with van der Waals surface area (Å²) in [6.07, 6.45) is 0.423. The van der Waals surface area contributed by atoms with Crippen LogP contribution in [-0.4, -0.2) is 40.7 Å². The second-order valence-electron chi connectivity index (χ2n) is 3.75. The molecule has 0 saturated carbocycles. The third-order valence-corrected chi connectivity index (χ3v) is 4.14. The quantitative estimate of drug-likeness (QED) is 0.578. The molecule has 0 N–H and O–H groups in total. The second-order valence-corrected chi connectivity index (χ2v) is 4.83. The standard InChI is InChI=1S/C9H13NO2S/c1-6-4-13-5-7(6)10-3-2-8(11)9(10)12/h6-7H,2-5H2,1H3. The minimum atomic E-state index is -0.251. The number of rotatable bonds is 1. The molecule has 4 heteroatoms. The number of hydrogen-bond donors (Lipinski definition) is 0. The maximum absolute atomic E-state index is 11.4. The molecule has 2 aliphatic rings. The number of hydrogen-bond acceptors (Lipinski definition) is 3. The van der Waals surface area contributed by atoms with Crippen molar-refractivity contribution in [1.29, 1.82) is 0 Å². The Kier molecular flexibility index (Phi) is 2.32. The van der Waals surface area contributed by atoms with Gasteiger partial charge < -0.3 is 4.90 Å². The Morgan fingerprint density at radius 3 is 2.62 bits per heavy atom. The molecule has 0 aromatic carbocycles. The first kappa shape index (κ1) is 9.06. The van der Waals surface area contributed by atoms with E-state index in [-0.39, 0.29) is 11.7 Å². The van der Waals surface area contributed by atoms with Crippen LogP contribution in [0.2, 0.25) is 0 Å². The molecule has 2 atom stereocenters. The molecule has 0 aromatic rings. The van der Waals surface area contributed by atoms with Crippen molar-refractivity contribution in [1.82, 2.24) is 4.90 Å². The third kappa shape index (κ3) is 1.47. The van der Waals surface area contributed by atoms with Gasteiger partial charge in [-0.2, -0.15) is 11.8 Å². The van der Waals surface area contributed by atoms with Gasteiger partial charge in [0.1, 0.15) is 0 Å². The lowest BCUT2D eigenvalue weighted by Gasteiger charge is -2.25. The molecular weight excluding hydrogens is 186 g/mol. The molecule has 0 radical (unpaired) electrons. The van der Waals surface area contributed by atoms with Crippen molar-refractivity contribution in [2.24, 2.45) is 5.92 Å². The molecule has 1 amide bonds. The van der Waals surface area contributed by atoms with Crippen LogP contribution in [0.1, 0.15) is 13.3 Å². The third-order valence-electron chi connectivity index (χ3n) is 2.81. The van der Waals surface area contributed by atoms with Gasteiger partial charge in [0.2, 0.25) is 5.78 Å². The van der Waals surface area contributed by atoms with E-state index in [4.69, 9.17) is 0 Å². The lowest BCUT2D eigenvalue weighted by Crippen LogP contribution is -2.41. The fourth-order valence-electron chi connectivity index (χ4n) is 1.95. The first-order valence-electron chi connectivity index (χ1n) is 4.61. The van der Waals surface area contributed by atoms with E-state index in [1.807, 2.05) is 11.8 Å². The molecule has 2 heterocycles. The monoisotopic (exact) mass is 199 g/mol. The molecule has 3 nitrogen and oxygen atoms in total. The van der Waals surface area contributed by atoms with Gasteiger partial charge in [0.15, 0.2) is 0 Å². The van der Waals surface area contributed by atoms with Gasteiger partial charge in [-0.3, -0.25) is 9.59 Å². The van der Waals surface area contributed by atoms with Gasteiger partial charge in [-0.05, 0) is 11.7 Å². The van der Waals surface area contributed by atoms with Crippen molar-refractivity contribution in [3.8, 4) is 0 Å². The minimum Gasteiger partial charge on any atom is -0.332 e. The van der Waals surface area contributed by atoms with Crippen LogP contribution in [0.5, 0.6) is 0 Å². The number of carbonyl (C=O) groups is 2. The topological polar surface area (TPSA) is 37.4 Å². The van der Waals surface area contributed by atoms with Gasteiger partial charge in [-0.15, -0.1) is 0 Å². The summed E-state index contributed by atoms with van der Waals surface area (Å²) in [6, 6.07) is 0.309. The van der Waals surface area contributed by atoms with E-state index < -0.39 is 0 Å². The largest absolute Gasteiger partial charge is 0.332 e. The molecule has 0 bridgehead atoms. The summed E-state index contributed by atoms with van der Waals surface area (Å²) >= 11 is 1.88. The SMILES string of the molecule is CC1CSCC1N1CCC(=O)C1=O. The average Bonchev–Trinajstić information content (AvgIpc) is 2.62. The average molecular weight is 199 g/mol. The summed E-state index contributed by atoms with van der Waals surface area (Å²) in [7, 11) is 0. The van der Waals surface area contributed by atoms with Gasteiger partial charge in [0.25, 0.3) is 5.91 Å². The van der Waals surface area contributed by atoms with Crippen molar-refractivity contribution in [2.45, 2.75) is 19.4 Å². The van der Waals surface area contributed by atoms with Crippen LogP contribution >= 0.6 is 11.8 Å². The molecule has 2 unspecified atom stereocenters. The van der Waals surface area contributed by atoms with Crippen LogP contribution in [0, 0.1) is 5.92 Å². The number of likely N-dealkylation sites (tertiary alicyclic amines) is 1. The molecule has 13 heavy (non-hydrogen) atoms. The van der Waals surface area contributed by atoms with Crippen LogP contribution in [-0.2, 0) is 9.59 Å². The van der Waals surface area contributed by atoms with Crippen LogP contribution < -0.4 is 0 Å². The highest BCUT2D eigenvalue weighted by Crippen LogP contribution is 2.29. The van der Waals surface area contributed by atoms with E-state index in [2.05, 4.69) is 6.92 Å². The van der Waals surface area contributed by atoms with E-state index in [0.717, 1.165) is 11.5 Å². The summed E-state index contributed by atoms with van der Waals surface area (Å²) in [4.78, 5) is 24.2. The van der Waals surface area contributed by atoms with Gasteiger partial charge in [0, 0.05) is 24.8 Å². The van der Waals surface area contributed by atoms with Gasteiger partial charge >= 0.3 is 0 Å². The number of ketones is 1. The first-order valence-corrected chi connectivity index (χ1v) is 5.77. The number of amides is 1. The molecule has 72 valence electrons. The molecule has 0 spiro atoms. The summed E-state index contributed by atoms with van der Waals surface area (Å²) in [5, 5.41) is 0. The second kappa shape index (κ2) is 3.33. The zero-order valence-electron chi connectivity index (χ0n) is 7.66. The predicted molar refractivity (Wildman–Crippen MR) is 51.6 cm³/mol. The highest BCUT2D eigenvalue weighted by molar-refractivity contribution is 7.99. The van der Waals surface area contributed by atoms with Crippen molar-refractivity contribution in [3.05, 3.63) is 0 Å². The van der Waals surface area contributed by atoms with Gasteiger partial charge in [-0.1, -0.05) is 6.92 Å². The van der Waals surface area contributed by atoms with E-state index in [1.54, 1.807) is 4.90 Å². The van der Waals surface area contributed by atoms with Crippen molar-refractivity contribution in [3.63, 3.8) is 0 Å². The molecule has 2 fully saturated rings. The van der Waals surface area contributed by atoms with E-state index >= 15 is 0 Å². The van der Waals surface area contributed by atoms with Crippen molar-refractivity contribution < 1.29 is 9.59 Å². The molecule has 0 aliphatic carbocycles. The van der Waals surface area contributed by atoms with E-state index in [0.29, 0.717) is 24.9 Å². The maximum atomic E-state index is 11.4. The Labute approximate surface area is 81.9 Å². The Morgan fingerprint density at radius 1 is 1.38 bits per heavy atom. The van der Waals surface area contributed by atoms with Crippen LogP contribution in [0.3, 0.4) is 0 Å². The highest BCUT2D eigenvalue weighted by Gasteiger charge is 2.38. The summed E-state index contributed by atoms with van der Waals surface area (Å²) in [5.41, 5.74) is 0. The lowest BCUT2D eigenvalue weighted by atomic mass is 10.1. The minimum absolute atomic E-state index is 0.205. The van der Waals surface area contributed by atoms with Crippen molar-refractivity contribution >= 4 is 23.5 Å². The summed E-state index contributed by atoms with van der Waals surface area (Å²) < 4.78 is 0. The van der Waals surface area contributed by atoms with Crippen LogP contribution in [0.4, 0.5) is 0 Å². The number of Topliss-reactive ketones (excluding diaryl/α,β-unsaturated/α-hetero) is 1. The highest BCUT2D eigenvalue weighted by atomic mass is 32.2. The molecule has 2 saturated heterocycles. The van der Waals surface area contributed by atoms with Gasteiger partial charge in [-0.25, -0.2) is 0 Å². The Balaban J connectivity index is 2.09. The molecule has 2 aliphatic heterocycles. The number of thioether (sulfide) groups is 1. The first-order chi connectivity index (χ1) is 6.20. The maximum Gasteiger partial charge on any atom is 0.290 e.